The predicted octanol–water partition coefficient (Wildman–Crippen LogP) is 2.82. The molecular weight excluding hydrogens is 368 g/mol. The highest BCUT2D eigenvalue weighted by Crippen LogP contribution is 2.29. The minimum Gasteiger partial charge on any atom is -0.465 e. The van der Waals surface area contributed by atoms with Crippen molar-refractivity contribution in [1.29, 1.82) is 0 Å². The number of nitrogens with one attached hydrogen (secondary N) is 1. The highest BCUT2D eigenvalue weighted by molar-refractivity contribution is 5.96. The zero-order chi connectivity index (χ0) is 20.7. The second kappa shape index (κ2) is 7.39. The fourth-order valence-corrected chi connectivity index (χ4v) is 4.24. The van der Waals surface area contributed by atoms with Gasteiger partial charge in [0.25, 0.3) is 0 Å². The molecule has 7 heteroatoms. The zero-order valence-electron chi connectivity index (χ0n) is 17.3. The van der Waals surface area contributed by atoms with E-state index in [9.17, 15) is 9.59 Å². The van der Waals surface area contributed by atoms with E-state index in [4.69, 9.17) is 4.74 Å². The summed E-state index contributed by atoms with van der Waals surface area (Å²) in [6, 6.07) is 5.52. The number of carbonyl (C=O) groups is 2. The Hall–Kier alpha value is -3.09. The van der Waals surface area contributed by atoms with Crippen LogP contribution in [0.25, 0.3) is 10.9 Å². The molecule has 1 aliphatic rings. The predicted molar refractivity (Wildman–Crippen MR) is 110 cm³/mol. The van der Waals surface area contributed by atoms with E-state index >= 15 is 0 Å². The Morgan fingerprint density at radius 1 is 1.28 bits per heavy atom. The van der Waals surface area contributed by atoms with Crippen LogP contribution in [0.15, 0.2) is 18.2 Å². The summed E-state index contributed by atoms with van der Waals surface area (Å²) in [6.07, 6.45) is 1.96. The molecule has 2 aromatic heterocycles. The van der Waals surface area contributed by atoms with E-state index in [1.54, 1.807) is 6.07 Å². The highest BCUT2D eigenvalue weighted by atomic mass is 16.5. The van der Waals surface area contributed by atoms with Gasteiger partial charge in [-0.15, -0.1) is 0 Å². The summed E-state index contributed by atoms with van der Waals surface area (Å²) in [5, 5.41) is 5.42. The van der Waals surface area contributed by atoms with E-state index in [1.807, 2.05) is 42.6 Å². The molecule has 29 heavy (non-hydrogen) atoms. The van der Waals surface area contributed by atoms with Gasteiger partial charge >= 0.3 is 5.97 Å². The van der Waals surface area contributed by atoms with Crippen LogP contribution in [0.4, 0.5) is 0 Å². The van der Waals surface area contributed by atoms with Crippen LogP contribution in [0.1, 0.15) is 45.0 Å². The Morgan fingerprint density at radius 3 is 2.76 bits per heavy atom. The van der Waals surface area contributed by atoms with E-state index < -0.39 is 0 Å². The number of aromatic nitrogens is 3. The summed E-state index contributed by atoms with van der Waals surface area (Å²) in [5.74, 6) is -0.204. The first kappa shape index (κ1) is 19.2. The van der Waals surface area contributed by atoms with Crippen LogP contribution in [-0.4, -0.2) is 45.2 Å². The highest BCUT2D eigenvalue weighted by Gasteiger charge is 2.25. The Kier molecular flexibility index (Phi) is 4.90. The third kappa shape index (κ3) is 3.41. The lowest BCUT2D eigenvalue weighted by atomic mass is 10.0. The van der Waals surface area contributed by atoms with Crippen molar-refractivity contribution in [3.05, 3.63) is 52.0 Å². The number of hydrogen-bond acceptors (Lipinski definition) is 4. The van der Waals surface area contributed by atoms with Gasteiger partial charge in [0.15, 0.2) is 0 Å². The summed E-state index contributed by atoms with van der Waals surface area (Å²) < 4.78 is 6.71. The van der Waals surface area contributed by atoms with E-state index in [-0.39, 0.29) is 11.9 Å². The number of fused-ring (bicyclic) bond motifs is 3. The van der Waals surface area contributed by atoms with Gasteiger partial charge in [0.1, 0.15) is 0 Å². The number of aryl methyl sites for hydroxylation is 2. The standard InChI is InChI=1S/C22H26N4O3/c1-13-16(14(2)25(3)24-13)6-8-21(27)26-10-9-20-18(12-26)17-11-15(22(28)29-4)5-7-19(17)23-20/h5,7,11,23H,6,8-10,12H2,1-4H3. The number of benzene rings is 1. The van der Waals surface area contributed by atoms with Crippen molar-refractivity contribution >= 4 is 22.8 Å². The number of nitrogens with zero attached hydrogens (tertiary/aromatic N) is 3. The van der Waals surface area contributed by atoms with Crippen molar-refractivity contribution in [2.24, 2.45) is 7.05 Å². The molecule has 7 nitrogen and oxygen atoms in total. The average Bonchev–Trinajstić information content (AvgIpc) is 3.20. The topological polar surface area (TPSA) is 80.2 Å². The number of methoxy groups -OCH3 is 1. The van der Waals surface area contributed by atoms with Crippen molar-refractivity contribution in [3.8, 4) is 0 Å². The second-order valence-electron chi connectivity index (χ2n) is 7.67. The molecule has 0 spiro atoms. The maximum atomic E-state index is 12.9. The first-order chi connectivity index (χ1) is 13.9. The molecule has 0 fully saturated rings. The van der Waals surface area contributed by atoms with Crippen molar-refractivity contribution < 1.29 is 14.3 Å². The van der Waals surface area contributed by atoms with Crippen LogP contribution >= 0.6 is 0 Å². The maximum Gasteiger partial charge on any atom is 0.337 e. The molecule has 1 aromatic carbocycles. The summed E-state index contributed by atoms with van der Waals surface area (Å²) >= 11 is 0. The fourth-order valence-electron chi connectivity index (χ4n) is 4.24. The van der Waals surface area contributed by atoms with Crippen LogP contribution in [0.5, 0.6) is 0 Å². The van der Waals surface area contributed by atoms with E-state index in [2.05, 4.69) is 10.1 Å². The lowest BCUT2D eigenvalue weighted by Crippen LogP contribution is -2.35. The molecule has 1 aliphatic heterocycles. The number of H-pyrrole nitrogens is 1. The first-order valence-corrected chi connectivity index (χ1v) is 9.87. The molecule has 0 bridgehead atoms. The van der Waals surface area contributed by atoms with E-state index in [1.165, 1.54) is 7.11 Å². The van der Waals surface area contributed by atoms with Gasteiger partial charge in [-0.25, -0.2) is 4.79 Å². The largest absolute Gasteiger partial charge is 0.465 e. The van der Waals surface area contributed by atoms with Crippen LogP contribution in [0, 0.1) is 13.8 Å². The fraction of sp³-hybridized carbons (Fsp3) is 0.409. The van der Waals surface area contributed by atoms with Crippen LogP contribution in [0.2, 0.25) is 0 Å². The van der Waals surface area contributed by atoms with E-state index in [0.29, 0.717) is 31.5 Å². The van der Waals surface area contributed by atoms with Gasteiger partial charge < -0.3 is 14.6 Å². The van der Waals surface area contributed by atoms with Gasteiger partial charge in [-0.3, -0.25) is 9.48 Å². The molecule has 0 saturated carbocycles. The molecule has 152 valence electrons. The van der Waals surface area contributed by atoms with Gasteiger partial charge in [-0.05, 0) is 44.0 Å². The molecule has 0 aliphatic carbocycles. The minimum absolute atomic E-state index is 0.150. The molecule has 4 rings (SSSR count). The second-order valence-corrected chi connectivity index (χ2v) is 7.67. The number of esters is 1. The number of ether oxygens (including phenoxy) is 1. The molecular formula is C22H26N4O3. The normalized spacial score (nSPS) is 13.6. The summed E-state index contributed by atoms with van der Waals surface area (Å²) in [5.41, 5.74) is 7.01. The van der Waals surface area contributed by atoms with Crippen LogP contribution in [0.3, 0.4) is 0 Å². The summed E-state index contributed by atoms with van der Waals surface area (Å²) in [7, 11) is 3.31. The maximum absolute atomic E-state index is 12.9. The molecule has 0 radical (unpaired) electrons. The number of rotatable bonds is 4. The quantitative estimate of drug-likeness (QED) is 0.690. The summed E-state index contributed by atoms with van der Waals surface area (Å²) in [6.45, 7) is 5.29. The molecule has 1 N–H and O–H groups in total. The van der Waals surface area contributed by atoms with Crippen LogP contribution < -0.4 is 0 Å². The lowest BCUT2D eigenvalue weighted by molar-refractivity contribution is -0.132. The molecule has 0 saturated heterocycles. The van der Waals surface area contributed by atoms with Crippen molar-refractivity contribution in [2.75, 3.05) is 13.7 Å². The third-order valence-electron chi connectivity index (χ3n) is 6.00. The minimum atomic E-state index is -0.354. The Bertz CT molecular complexity index is 1110. The van der Waals surface area contributed by atoms with Gasteiger partial charge in [-0.2, -0.15) is 5.10 Å². The smallest absolute Gasteiger partial charge is 0.337 e. The average molecular weight is 394 g/mol. The summed E-state index contributed by atoms with van der Waals surface area (Å²) in [4.78, 5) is 30.1. The molecule has 3 aromatic rings. The number of carbonyl (C=O) groups excluding carboxylic acids is 2. The molecule has 0 atom stereocenters. The number of hydrogen-bond donors (Lipinski definition) is 1. The van der Waals surface area contributed by atoms with Gasteiger partial charge in [0.05, 0.1) is 18.4 Å². The molecule has 3 heterocycles. The van der Waals surface area contributed by atoms with Gasteiger partial charge in [0.2, 0.25) is 5.91 Å². The SMILES string of the molecule is COC(=O)c1ccc2[nH]c3c(c2c1)CN(C(=O)CCc1c(C)nn(C)c1C)CC3. The molecule has 0 unspecified atom stereocenters. The van der Waals surface area contributed by atoms with Crippen LogP contribution in [-0.2, 0) is 36.0 Å². The van der Waals surface area contributed by atoms with Crippen molar-refractivity contribution in [1.82, 2.24) is 19.7 Å². The number of amides is 1. The lowest BCUT2D eigenvalue weighted by Gasteiger charge is -2.27. The van der Waals surface area contributed by atoms with Crippen molar-refractivity contribution in [3.63, 3.8) is 0 Å². The first-order valence-electron chi connectivity index (χ1n) is 9.87. The Balaban J connectivity index is 1.52. The van der Waals surface area contributed by atoms with E-state index in [0.717, 1.165) is 45.5 Å². The molecule has 1 amide bonds. The van der Waals surface area contributed by atoms with Crippen molar-refractivity contribution in [2.45, 2.75) is 39.7 Å². The van der Waals surface area contributed by atoms with Gasteiger partial charge in [0, 0.05) is 60.8 Å². The Labute approximate surface area is 169 Å². The zero-order valence-corrected chi connectivity index (χ0v) is 17.3. The third-order valence-corrected chi connectivity index (χ3v) is 6.00. The Morgan fingerprint density at radius 2 is 2.07 bits per heavy atom. The number of aromatic amines is 1. The monoisotopic (exact) mass is 394 g/mol. The van der Waals surface area contributed by atoms with Gasteiger partial charge in [-0.1, -0.05) is 0 Å².